The van der Waals surface area contributed by atoms with Gasteiger partial charge in [0.25, 0.3) is 0 Å². The maximum absolute atomic E-state index is 12.4. The van der Waals surface area contributed by atoms with E-state index in [1.165, 1.54) is 29.5 Å². The van der Waals surface area contributed by atoms with Crippen LogP contribution in [0.5, 0.6) is 0 Å². The third-order valence-corrected chi connectivity index (χ3v) is 4.47. The Bertz CT molecular complexity index is 707. The van der Waals surface area contributed by atoms with Gasteiger partial charge in [-0.3, -0.25) is 4.79 Å². The van der Waals surface area contributed by atoms with Gasteiger partial charge in [0.2, 0.25) is 5.91 Å². The molecule has 114 valence electrons. The Hall–Kier alpha value is -2.09. The first-order chi connectivity index (χ1) is 10.5. The maximum Gasteiger partial charge on any atom is 0.228 e. The molecule has 0 fully saturated rings. The average molecular weight is 293 g/mol. The van der Waals surface area contributed by atoms with Gasteiger partial charge in [-0.2, -0.15) is 0 Å². The average Bonchev–Trinajstić information content (AvgIpc) is 2.90. The molecule has 3 rings (SSSR count). The van der Waals surface area contributed by atoms with Crippen LogP contribution >= 0.6 is 0 Å². The molecule has 2 aromatic rings. The van der Waals surface area contributed by atoms with Crippen molar-refractivity contribution >= 4 is 11.6 Å². The van der Waals surface area contributed by atoms with Crippen LogP contribution in [-0.2, 0) is 24.1 Å². The summed E-state index contributed by atoms with van der Waals surface area (Å²) in [5, 5.41) is 3.08. The summed E-state index contributed by atoms with van der Waals surface area (Å²) < 4.78 is 0. The van der Waals surface area contributed by atoms with E-state index < -0.39 is 0 Å². The summed E-state index contributed by atoms with van der Waals surface area (Å²) in [6, 6.07) is 10.7. The third-order valence-electron chi connectivity index (χ3n) is 4.47. The van der Waals surface area contributed by atoms with Crippen LogP contribution in [0.4, 0.5) is 5.69 Å². The lowest BCUT2D eigenvalue weighted by atomic mass is 10.0. The number of aryl methyl sites for hydroxylation is 5. The van der Waals surface area contributed by atoms with Gasteiger partial charge in [-0.05, 0) is 67.9 Å². The quantitative estimate of drug-likeness (QED) is 0.899. The van der Waals surface area contributed by atoms with Crippen molar-refractivity contribution in [2.24, 2.45) is 0 Å². The van der Waals surface area contributed by atoms with E-state index in [9.17, 15) is 4.79 Å². The van der Waals surface area contributed by atoms with Crippen molar-refractivity contribution in [1.29, 1.82) is 0 Å². The second-order valence-electron chi connectivity index (χ2n) is 6.46. The molecule has 1 aliphatic rings. The van der Waals surface area contributed by atoms with E-state index in [2.05, 4.69) is 42.6 Å². The van der Waals surface area contributed by atoms with E-state index in [-0.39, 0.29) is 5.91 Å². The molecule has 1 aliphatic carbocycles. The van der Waals surface area contributed by atoms with Gasteiger partial charge in [0, 0.05) is 5.69 Å². The number of amides is 1. The molecular weight excluding hydrogens is 270 g/mol. The SMILES string of the molecule is Cc1cc(C)c(NC(=O)Cc2ccc3c(c2)CCC3)c(C)c1. The van der Waals surface area contributed by atoms with Gasteiger partial charge >= 0.3 is 0 Å². The molecule has 1 amide bonds. The Morgan fingerprint density at radius 1 is 1.00 bits per heavy atom. The molecule has 0 unspecified atom stereocenters. The van der Waals surface area contributed by atoms with E-state index in [1.807, 2.05) is 13.8 Å². The van der Waals surface area contributed by atoms with E-state index in [4.69, 9.17) is 0 Å². The van der Waals surface area contributed by atoms with E-state index in [1.54, 1.807) is 0 Å². The molecule has 0 radical (unpaired) electrons. The first kappa shape index (κ1) is 14.8. The summed E-state index contributed by atoms with van der Waals surface area (Å²) in [5.41, 5.74) is 8.42. The third kappa shape index (κ3) is 3.06. The normalized spacial score (nSPS) is 13.0. The fourth-order valence-electron chi connectivity index (χ4n) is 3.48. The Labute approximate surface area is 132 Å². The Morgan fingerprint density at radius 3 is 2.41 bits per heavy atom. The van der Waals surface area contributed by atoms with Crippen LogP contribution in [-0.4, -0.2) is 5.91 Å². The van der Waals surface area contributed by atoms with Crippen LogP contribution in [0.15, 0.2) is 30.3 Å². The van der Waals surface area contributed by atoms with Gasteiger partial charge in [0.05, 0.1) is 6.42 Å². The van der Waals surface area contributed by atoms with Gasteiger partial charge in [0.15, 0.2) is 0 Å². The molecule has 0 spiro atoms. The monoisotopic (exact) mass is 293 g/mol. The van der Waals surface area contributed by atoms with Gasteiger partial charge in [-0.15, -0.1) is 0 Å². The molecule has 2 aromatic carbocycles. The first-order valence-corrected chi connectivity index (χ1v) is 8.01. The number of hydrogen-bond acceptors (Lipinski definition) is 1. The summed E-state index contributed by atoms with van der Waals surface area (Å²) in [4.78, 5) is 12.4. The fraction of sp³-hybridized carbons (Fsp3) is 0.350. The lowest BCUT2D eigenvalue weighted by Crippen LogP contribution is -2.16. The molecule has 0 atom stereocenters. The Morgan fingerprint density at radius 2 is 1.68 bits per heavy atom. The minimum atomic E-state index is 0.0630. The van der Waals surface area contributed by atoms with Crippen LogP contribution < -0.4 is 5.32 Å². The lowest BCUT2D eigenvalue weighted by molar-refractivity contribution is -0.115. The van der Waals surface area contributed by atoms with Crippen LogP contribution in [0.3, 0.4) is 0 Å². The highest BCUT2D eigenvalue weighted by molar-refractivity contribution is 5.93. The predicted molar refractivity (Wildman–Crippen MR) is 91.5 cm³/mol. The van der Waals surface area contributed by atoms with Crippen molar-refractivity contribution in [2.75, 3.05) is 5.32 Å². The number of carbonyl (C=O) groups is 1. The summed E-state index contributed by atoms with van der Waals surface area (Å²) in [5.74, 6) is 0.0630. The van der Waals surface area contributed by atoms with Crippen molar-refractivity contribution in [3.63, 3.8) is 0 Å². The van der Waals surface area contributed by atoms with Crippen LogP contribution in [0.2, 0.25) is 0 Å². The van der Waals surface area contributed by atoms with Gasteiger partial charge in [0.1, 0.15) is 0 Å². The number of benzene rings is 2. The molecule has 0 saturated carbocycles. The highest BCUT2D eigenvalue weighted by Crippen LogP contribution is 2.24. The fourth-order valence-corrected chi connectivity index (χ4v) is 3.48. The highest BCUT2D eigenvalue weighted by Gasteiger charge is 2.13. The van der Waals surface area contributed by atoms with E-state index in [0.29, 0.717) is 6.42 Å². The predicted octanol–water partition coefficient (Wildman–Crippen LogP) is 4.28. The van der Waals surface area contributed by atoms with Crippen LogP contribution in [0, 0.1) is 20.8 Å². The number of hydrogen-bond donors (Lipinski definition) is 1. The Kier molecular flexibility index (Phi) is 4.02. The van der Waals surface area contributed by atoms with Crippen molar-refractivity contribution in [3.8, 4) is 0 Å². The van der Waals surface area contributed by atoms with Crippen LogP contribution in [0.1, 0.15) is 39.8 Å². The van der Waals surface area contributed by atoms with Gasteiger partial charge in [-0.1, -0.05) is 35.9 Å². The standard InChI is InChI=1S/C20H23NO/c1-13-9-14(2)20(15(3)10-13)21-19(22)12-16-7-8-17-5-4-6-18(17)11-16/h7-11H,4-6,12H2,1-3H3,(H,21,22). The van der Waals surface area contributed by atoms with Crippen molar-refractivity contribution in [2.45, 2.75) is 46.5 Å². The highest BCUT2D eigenvalue weighted by atomic mass is 16.1. The minimum Gasteiger partial charge on any atom is -0.325 e. The largest absolute Gasteiger partial charge is 0.325 e. The Balaban J connectivity index is 1.73. The molecule has 0 saturated heterocycles. The molecule has 2 heteroatoms. The second-order valence-corrected chi connectivity index (χ2v) is 6.46. The zero-order chi connectivity index (χ0) is 15.7. The molecular formula is C20H23NO. The number of anilines is 1. The molecule has 0 bridgehead atoms. The molecule has 1 N–H and O–H groups in total. The minimum absolute atomic E-state index is 0.0630. The van der Waals surface area contributed by atoms with E-state index in [0.717, 1.165) is 28.8 Å². The molecule has 0 aromatic heterocycles. The van der Waals surface area contributed by atoms with Crippen molar-refractivity contribution in [3.05, 3.63) is 63.7 Å². The number of fused-ring (bicyclic) bond motifs is 1. The zero-order valence-corrected chi connectivity index (χ0v) is 13.6. The molecule has 0 heterocycles. The second kappa shape index (κ2) is 5.96. The number of nitrogens with one attached hydrogen (secondary N) is 1. The molecule has 0 aliphatic heterocycles. The molecule has 2 nitrogen and oxygen atoms in total. The maximum atomic E-state index is 12.4. The molecule has 22 heavy (non-hydrogen) atoms. The summed E-state index contributed by atoms with van der Waals surface area (Å²) in [7, 11) is 0. The van der Waals surface area contributed by atoms with Crippen molar-refractivity contribution < 1.29 is 4.79 Å². The number of rotatable bonds is 3. The van der Waals surface area contributed by atoms with Gasteiger partial charge in [-0.25, -0.2) is 0 Å². The van der Waals surface area contributed by atoms with Gasteiger partial charge < -0.3 is 5.32 Å². The summed E-state index contributed by atoms with van der Waals surface area (Å²) in [6.07, 6.45) is 4.03. The lowest BCUT2D eigenvalue weighted by Gasteiger charge is -2.13. The number of carbonyl (C=O) groups excluding carboxylic acids is 1. The first-order valence-electron chi connectivity index (χ1n) is 8.01. The smallest absolute Gasteiger partial charge is 0.228 e. The summed E-state index contributed by atoms with van der Waals surface area (Å²) in [6.45, 7) is 6.17. The summed E-state index contributed by atoms with van der Waals surface area (Å²) >= 11 is 0. The van der Waals surface area contributed by atoms with Crippen LogP contribution in [0.25, 0.3) is 0 Å². The van der Waals surface area contributed by atoms with E-state index >= 15 is 0 Å². The van der Waals surface area contributed by atoms with Crippen molar-refractivity contribution in [1.82, 2.24) is 0 Å². The topological polar surface area (TPSA) is 29.1 Å². The zero-order valence-electron chi connectivity index (χ0n) is 13.6.